The average molecular weight is 286 g/mol. The van der Waals surface area contributed by atoms with Crippen molar-refractivity contribution in [2.24, 2.45) is 0 Å². The molecule has 2 N–H and O–H groups in total. The molecule has 0 aliphatic carbocycles. The van der Waals surface area contributed by atoms with Crippen molar-refractivity contribution >= 4 is 28.5 Å². The SMILES string of the molecule is Cc1cccc2nc(N)n(-c3ccccc3Cl)c(=O)c12. The summed E-state index contributed by atoms with van der Waals surface area (Å²) < 4.78 is 1.34. The summed E-state index contributed by atoms with van der Waals surface area (Å²) in [7, 11) is 0. The molecule has 20 heavy (non-hydrogen) atoms. The fourth-order valence-corrected chi connectivity index (χ4v) is 2.50. The van der Waals surface area contributed by atoms with E-state index in [1.165, 1.54) is 4.57 Å². The predicted octanol–water partition coefficient (Wildman–Crippen LogP) is 2.93. The molecule has 3 aromatic rings. The van der Waals surface area contributed by atoms with E-state index in [9.17, 15) is 4.79 Å². The first-order chi connectivity index (χ1) is 9.59. The number of nitrogens with zero attached hydrogens (tertiary/aromatic N) is 2. The van der Waals surface area contributed by atoms with Crippen LogP contribution in [-0.4, -0.2) is 9.55 Å². The molecule has 0 spiro atoms. The van der Waals surface area contributed by atoms with Gasteiger partial charge in [0.1, 0.15) is 0 Å². The highest BCUT2D eigenvalue weighted by Gasteiger charge is 2.13. The second kappa shape index (κ2) is 4.65. The number of fused-ring (bicyclic) bond motifs is 1. The van der Waals surface area contributed by atoms with Gasteiger partial charge in [-0.3, -0.25) is 4.79 Å². The molecule has 0 fully saturated rings. The monoisotopic (exact) mass is 285 g/mol. The highest BCUT2D eigenvalue weighted by Crippen LogP contribution is 2.22. The van der Waals surface area contributed by atoms with Crippen LogP contribution in [0.5, 0.6) is 0 Å². The Hall–Kier alpha value is -2.33. The molecule has 1 heterocycles. The summed E-state index contributed by atoms with van der Waals surface area (Å²) in [6.45, 7) is 1.87. The molecule has 0 aliphatic heterocycles. The van der Waals surface area contributed by atoms with E-state index in [0.717, 1.165) is 5.56 Å². The van der Waals surface area contributed by atoms with Crippen LogP contribution in [0.1, 0.15) is 5.56 Å². The lowest BCUT2D eigenvalue weighted by Crippen LogP contribution is -2.23. The number of rotatable bonds is 1. The smallest absolute Gasteiger partial charge is 0.267 e. The molecule has 0 saturated heterocycles. The molecule has 0 aliphatic rings. The van der Waals surface area contributed by atoms with Gasteiger partial charge < -0.3 is 5.73 Å². The van der Waals surface area contributed by atoms with E-state index in [0.29, 0.717) is 21.6 Å². The van der Waals surface area contributed by atoms with E-state index in [1.54, 1.807) is 30.3 Å². The lowest BCUT2D eigenvalue weighted by Gasteiger charge is -2.12. The second-order valence-corrected chi connectivity index (χ2v) is 4.94. The maximum Gasteiger partial charge on any atom is 0.267 e. The number of anilines is 1. The zero-order valence-corrected chi connectivity index (χ0v) is 11.6. The molecular formula is C15H12ClN3O. The van der Waals surface area contributed by atoms with Crippen molar-refractivity contribution < 1.29 is 0 Å². The molecule has 0 unspecified atom stereocenters. The summed E-state index contributed by atoms with van der Waals surface area (Å²) in [4.78, 5) is 17.0. The van der Waals surface area contributed by atoms with Crippen LogP contribution in [0.4, 0.5) is 5.95 Å². The van der Waals surface area contributed by atoms with E-state index in [1.807, 2.05) is 19.1 Å². The van der Waals surface area contributed by atoms with Gasteiger partial charge in [0, 0.05) is 0 Å². The number of benzene rings is 2. The molecule has 0 atom stereocenters. The highest BCUT2D eigenvalue weighted by atomic mass is 35.5. The molecule has 5 heteroatoms. The van der Waals surface area contributed by atoms with Crippen molar-refractivity contribution in [3.05, 3.63) is 63.4 Å². The number of hydrogen-bond donors (Lipinski definition) is 1. The van der Waals surface area contributed by atoms with Crippen LogP contribution in [0.3, 0.4) is 0 Å². The van der Waals surface area contributed by atoms with Crippen LogP contribution in [0.15, 0.2) is 47.3 Å². The summed E-state index contributed by atoms with van der Waals surface area (Å²) in [6, 6.07) is 12.6. The van der Waals surface area contributed by atoms with Gasteiger partial charge in [0.2, 0.25) is 5.95 Å². The minimum absolute atomic E-state index is 0.126. The third-order valence-corrected chi connectivity index (χ3v) is 3.54. The van der Waals surface area contributed by atoms with Gasteiger partial charge in [0.05, 0.1) is 21.6 Å². The molecule has 0 bridgehead atoms. The molecule has 0 radical (unpaired) electrons. The maximum absolute atomic E-state index is 12.7. The Balaban J connectivity index is 2.47. The number of aromatic nitrogens is 2. The zero-order chi connectivity index (χ0) is 14.3. The first-order valence-electron chi connectivity index (χ1n) is 6.12. The van der Waals surface area contributed by atoms with Gasteiger partial charge in [-0.1, -0.05) is 35.9 Å². The number of halogens is 1. The van der Waals surface area contributed by atoms with E-state index in [4.69, 9.17) is 17.3 Å². The molecular weight excluding hydrogens is 274 g/mol. The van der Waals surface area contributed by atoms with Crippen LogP contribution in [0.2, 0.25) is 5.02 Å². The predicted molar refractivity (Wildman–Crippen MR) is 81.5 cm³/mol. The number of aryl methyl sites for hydroxylation is 1. The largest absolute Gasteiger partial charge is 0.369 e. The van der Waals surface area contributed by atoms with Crippen molar-refractivity contribution in [2.45, 2.75) is 6.92 Å². The minimum Gasteiger partial charge on any atom is -0.369 e. The van der Waals surface area contributed by atoms with Gasteiger partial charge in [0.15, 0.2) is 0 Å². The quantitative estimate of drug-likeness (QED) is 0.748. The number of hydrogen-bond acceptors (Lipinski definition) is 3. The average Bonchev–Trinajstić information content (AvgIpc) is 2.40. The summed E-state index contributed by atoms with van der Waals surface area (Å²) in [6.07, 6.45) is 0. The summed E-state index contributed by atoms with van der Waals surface area (Å²) in [5, 5.41) is 1.01. The Morgan fingerprint density at radius 1 is 1.15 bits per heavy atom. The minimum atomic E-state index is -0.210. The summed E-state index contributed by atoms with van der Waals surface area (Å²) in [5.41, 5.74) is 7.71. The fraction of sp³-hybridized carbons (Fsp3) is 0.0667. The molecule has 1 aromatic heterocycles. The Kier molecular flexibility index (Phi) is 2.95. The van der Waals surface area contributed by atoms with Gasteiger partial charge >= 0.3 is 0 Å². The van der Waals surface area contributed by atoms with Crippen molar-refractivity contribution in [1.82, 2.24) is 9.55 Å². The maximum atomic E-state index is 12.7. The zero-order valence-electron chi connectivity index (χ0n) is 10.8. The molecule has 0 saturated carbocycles. The second-order valence-electron chi connectivity index (χ2n) is 4.53. The number of nitrogens with two attached hydrogens (primary N) is 1. The van der Waals surface area contributed by atoms with Crippen molar-refractivity contribution in [3.8, 4) is 5.69 Å². The normalized spacial score (nSPS) is 10.9. The first-order valence-corrected chi connectivity index (χ1v) is 6.50. The lowest BCUT2D eigenvalue weighted by atomic mass is 10.1. The highest BCUT2D eigenvalue weighted by molar-refractivity contribution is 6.32. The van der Waals surface area contributed by atoms with Crippen LogP contribution in [0, 0.1) is 6.92 Å². The van der Waals surface area contributed by atoms with Gasteiger partial charge in [-0.15, -0.1) is 0 Å². The molecule has 0 amide bonds. The Bertz CT molecular complexity index is 871. The van der Waals surface area contributed by atoms with Gasteiger partial charge in [-0.25, -0.2) is 9.55 Å². The first kappa shape index (κ1) is 12.7. The molecule has 100 valence electrons. The Morgan fingerprint density at radius 3 is 2.65 bits per heavy atom. The van der Waals surface area contributed by atoms with E-state index in [2.05, 4.69) is 4.98 Å². The standard InChI is InChI=1S/C15H12ClN3O/c1-9-5-4-7-11-13(9)14(20)19(15(17)18-11)12-8-3-2-6-10(12)16/h2-8H,1H3,(H2,17,18). The molecule has 4 nitrogen and oxygen atoms in total. The van der Waals surface area contributed by atoms with E-state index in [-0.39, 0.29) is 11.5 Å². The van der Waals surface area contributed by atoms with Crippen LogP contribution in [-0.2, 0) is 0 Å². The summed E-state index contributed by atoms with van der Waals surface area (Å²) >= 11 is 6.15. The van der Waals surface area contributed by atoms with Crippen LogP contribution < -0.4 is 11.3 Å². The van der Waals surface area contributed by atoms with E-state index < -0.39 is 0 Å². The summed E-state index contributed by atoms with van der Waals surface area (Å²) in [5.74, 6) is 0.126. The molecule has 3 rings (SSSR count). The van der Waals surface area contributed by atoms with Crippen LogP contribution in [0.25, 0.3) is 16.6 Å². The third-order valence-electron chi connectivity index (χ3n) is 3.23. The van der Waals surface area contributed by atoms with Crippen molar-refractivity contribution in [2.75, 3.05) is 5.73 Å². The fourth-order valence-electron chi connectivity index (χ4n) is 2.28. The van der Waals surface area contributed by atoms with Crippen LogP contribution >= 0.6 is 11.6 Å². The van der Waals surface area contributed by atoms with Crippen molar-refractivity contribution in [1.29, 1.82) is 0 Å². The number of para-hydroxylation sites is 1. The number of nitrogen functional groups attached to an aromatic ring is 1. The molecule has 2 aromatic carbocycles. The third kappa shape index (κ3) is 1.85. The topological polar surface area (TPSA) is 60.9 Å². The van der Waals surface area contributed by atoms with Crippen molar-refractivity contribution in [3.63, 3.8) is 0 Å². The Morgan fingerprint density at radius 2 is 1.90 bits per heavy atom. The lowest BCUT2D eigenvalue weighted by molar-refractivity contribution is 0.981. The van der Waals surface area contributed by atoms with Gasteiger partial charge in [-0.05, 0) is 30.7 Å². The van der Waals surface area contributed by atoms with E-state index >= 15 is 0 Å². The van der Waals surface area contributed by atoms with Gasteiger partial charge in [0.25, 0.3) is 5.56 Å². The Labute approximate surface area is 120 Å². The van der Waals surface area contributed by atoms with Gasteiger partial charge in [-0.2, -0.15) is 0 Å².